The first-order chi connectivity index (χ1) is 25.7. The smallest absolute Gasteiger partial charge is 0.220 e. The third kappa shape index (κ3) is 40.3. The number of aliphatic hydroxyl groups is 2. The first-order valence-electron chi connectivity index (χ1n) is 23.9. The Bertz CT molecular complexity index is 710. The van der Waals surface area contributed by atoms with E-state index in [2.05, 4.69) is 31.3 Å². The van der Waals surface area contributed by atoms with Crippen LogP contribution in [0.5, 0.6) is 0 Å². The van der Waals surface area contributed by atoms with Crippen molar-refractivity contribution in [3.63, 3.8) is 0 Å². The number of aliphatic hydroxyl groups excluding tert-OH is 2. The lowest BCUT2D eigenvalue weighted by Crippen LogP contribution is -2.45. The van der Waals surface area contributed by atoms with E-state index in [1.165, 1.54) is 212 Å². The average Bonchev–Trinajstić information content (AvgIpc) is 3.15. The Morgan fingerprint density at radius 2 is 0.731 bits per heavy atom. The minimum atomic E-state index is -0.677. The molecule has 0 saturated heterocycles. The van der Waals surface area contributed by atoms with Gasteiger partial charge in [-0.3, -0.25) is 4.79 Å². The van der Waals surface area contributed by atoms with E-state index >= 15 is 0 Å². The summed E-state index contributed by atoms with van der Waals surface area (Å²) in [7, 11) is 0. The van der Waals surface area contributed by atoms with Gasteiger partial charge in [0.15, 0.2) is 0 Å². The molecule has 0 rings (SSSR count). The molecule has 0 unspecified atom stereocenters. The molecule has 0 aromatic rings. The highest BCUT2D eigenvalue weighted by atomic mass is 16.3. The summed E-state index contributed by atoms with van der Waals surface area (Å²) in [4.78, 5) is 12.4. The fraction of sp³-hybridized carbons (Fsp3) is 0.938. The maximum absolute atomic E-state index is 12.4. The zero-order valence-corrected chi connectivity index (χ0v) is 35.6. The second kappa shape index (κ2) is 44.5. The lowest BCUT2D eigenvalue weighted by Gasteiger charge is -2.22. The van der Waals surface area contributed by atoms with Crippen molar-refractivity contribution in [3.8, 4) is 0 Å². The second-order valence-corrected chi connectivity index (χ2v) is 16.5. The monoisotopic (exact) mass is 734 g/mol. The Labute approximate surface area is 327 Å². The summed E-state index contributed by atoms with van der Waals surface area (Å²) >= 11 is 0. The molecule has 3 N–H and O–H groups in total. The molecule has 0 aromatic heterocycles. The van der Waals surface area contributed by atoms with Gasteiger partial charge in [-0.25, -0.2) is 0 Å². The molecular weight excluding hydrogens is 639 g/mol. The van der Waals surface area contributed by atoms with E-state index in [4.69, 9.17) is 0 Å². The lowest BCUT2D eigenvalue weighted by molar-refractivity contribution is -0.123. The van der Waals surface area contributed by atoms with Gasteiger partial charge in [-0.15, -0.1) is 0 Å². The molecule has 0 aromatic carbocycles. The SMILES string of the molecule is CCCCCCCCCCCCC/C=C/CCCC[C@@H](O)[C@H](CO)NC(=O)CCCCCCCCCCCCCCCCCCCCCCCCC. The number of hydrogen-bond donors (Lipinski definition) is 3. The fourth-order valence-corrected chi connectivity index (χ4v) is 7.59. The van der Waals surface area contributed by atoms with Crippen molar-refractivity contribution in [1.29, 1.82) is 0 Å². The van der Waals surface area contributed by atoms with Crippen molar-refractivity contribution in [2.45, 2.75) is 283 Å². The Kier molecular flexibility index (Phi) is 43.8. The molecule has 0 saturated carbocycles. The van der Waals surface area contributed by atoms with Gasteiger partial charge in [0.25, 0.3) is 0 Å². The van der Waals surface area contributed by atoms with Crippen LogP contribution in [0.1, 0.15) is 271 Å². The molecule has 0 heterocycles. The van der Waals surface area contributed by atoms with Crippen molar-refractivity contribution >= 4 is 5.91 Å². The van der Waals surface area contributed by atoms with E-state index in [0.29, 0.717) is 12.8 Å². The molecule has 4 nitrogen and oxygen atoms in total. The predicted molar refractivity (Wildman–Crippen MR) is 230 cm³/mol. The molecule has 0 bridgehead atoms. The molecule has 4 heteroatoms. The Morgan fingerprint density at radius 3 is 1.06 bits per heavy atom. The predicted octanol–water partition coefficient (Wildman–Crippen LogP) is 15.0. The maximum Gasteiger partial charge on any atom is 0.220 e. The Morgan fingerprint density at radius 1 is 0.442 bits per heavy atom. The van der Waals surface area contributed by atoms with Crippen molar-refractivity contribution in [1.82, 2.24) is 5.32 Å². The number of unbranched alkanes of at least 4 members (excludes halogenated alkanes) is 35. The number of rotatable bonds is 44. The molecule has 0 aliphatic heterocycles. The van der Waals surface area contributed by atoms with E-state index in [1.54, 1.807) is 0 Å². The zero-order chi connectivity index (χ0) is 37.8. The van der Waals surface area contributed by atoms with Crippen LogP contribution in [0.4, 0.5) is 0 Å². The second-order valence-electron chi connectivity index (χ2n) is 16.5. The van der Waals surface area contributed by atoms with Crippen molar-refractivity contribution in [3.05, 3.63) is 12.2 Å². The summed E-state index contributed by atoms with van der Waals surface area (Å²) in [5, 5.41) is 23.2. The summed E-state index contributed by atoms with van der Waals surface area (Å²) in [5.74, 6) is -0.0352. The molecule has 52 heavy (non-hydrogen) atoms. The highest BCUT2D eigenvalue weighted by molar-refractivity contribution is 5.76. The Hall–Kier alpha value is -0.870. The van der Waals surface area contributed by atoms with E-state index in [-0.39, 0.29) is 12.5 Å². The third-order valence-corrected chi connectivity index (χ3v) is 11.3. The van der Waals surface area contributed by atoms with Gasteiger partial charge in [0.2, 0.25) is 5.91 Å². The van der Waals surface area contributed by atoms with Crippen LogP contribution in [0, 0.1) is 0 Å². The van der Waals surface area contributed by atoms with Crippen LogP contribution in [-0.4, -0.2) is 34.9 Å². The molecule has 310 valence electrons. The summed E-state index contributed by atoms with van der Waals surface area (Å²) in [6, 6.07) is -0.548. The van der Waals surface area contributed by atoms with E-state index in [9.17, 15) is 15.0 Å². The average molecular weight is 734 g/mol. The normalized spacial score (nSPS) is 12.9. The molecule has 1 amide bonds. The van der Waals surface area contributed by atoms with E-state index in [0.717, 1.165) is 32.1 Å². The first kappa shape index (κ1) is 51.1. The maximum atomic E-state index is 12.4. The number of allylic oxidation sites excluding steroid dienone is 2. The summed E-state index contributed by atoms with van der Waals surface area (Å²) < 4.78 is 0. The Balaban J connectivity index is 3.47. The lowest BCUT2D eigenvalue weighted by atomic mass is 10.0. The van der Waals surface area contributed by atoms with Gasteiger partial charge in [0.1, 0.15) is 0 Å². The van der Waals surface area contributed by atoms with Gasteiger partial charge >= 0.3 is 0 Å². The highest BCUT2D eigenvalue weighted by Gasteiger charge is 2.19. The number of amides is 1. The van der Waals surface area contributed by atoms with Crippen molar-refractivity contribution < 1.29 is 15.0 Å². The van der Waals surface area contributed by atoms with Crippen LogP contribution in [0.25, 0.3) is 0 Å². The molecule has 0 fully saturated rings. The van der Waals surface area contributed by atoms with Gasteiger partial charge in [-0.05, 0) is 38.5 Å². The summed E-state index contributed by atoms with van der Waals surface area (Å²) in [6.45, 7) is 4.37. The quantitative estimate of drug-likeness (QED) is 0.0431. The topological polar surface area (TPSA) is 69.6 Å². The number of hydrogen-bond acceptors (Lipinski definition) is 3. The molecule has 0 aliphatic carbocycles. The minimum absolute atomic E-state index is 0.0352. The van der Waals surface area contributed by atoms with Gasteiger partial charge in [-0.1, -0.05) is 238 Å². The summed E-state index contributed by atoms with van der Waals surface area (Å²) in [6.07, 6.45) is 55.9. The van der Waals surface area contributed by atoms with Gasteiger partial charge < -0.3 is 15.5 Å². The molecular formula is C48H95NO3. The molecule has 0 radical (unpaired) electrons. The minimum Gasteiger partial charge on any atom is -0.394 e. The largest absolute Gasteiger partial charge is 0.394 e. The summed E-state index contributed by atoms with van der Waals surface area (Å²) in [5.41, 5.74) is 0. The van der Waals surface area contributed by atoms with Crippen LogP contribution in [0.3, 0.4) is 0 Å². The molecule has 0 spiro atoms. The highest BCUT2D eigenvalue weighted by Crippen LogP contribution is 2.17. The fourth-order valence-electron chi connectivity index (χ4n) is 7.59. The van der Waals surface area contributed by atoms with E-state index < -0.39 is 12.1 Å². The number of nitrogens with one attached hydrogen (secondary N) is 1. The van der Waals surface area contributed by atoms with Crippen molar-refractivity contribution in [2.24, 2.45) is 0 Å². The van der Waals surface area contributed by atoms with Crippen LogP contribution < -0.4 is 5.32 Å². The molecule has 2 atom stereocenters. The van der Waals surface area contributed by atoms with Crippen molar-refractivity contribution in [2.75, 3.05) is 6.61 Å². The van der Waals surface area contributed by atoms with Gasteiger partial charge in [0.05, 0.1) is 18.8 Å². The first-order valence-corrected chi connectivity index (χ1v) is 23.9. The molecule has 0 aliphatic rings. The number of carbonyl (C=O) groups excluding carboxylic acids is 1. The zero-order valence-electron chi connectivity index (χ0n) is 35.6. The van der Waals surface area contributed by atoms with Crippen LogP contribution in [0.2, 0.25) is 0 Å². The van der Waals surface area contributed by atoms with Crippen LogP contribution >= 0.6 is 0 Å². The van der Waals surface area contributed by atoms with Gasteiger partial charge in [0, 0.05) is 6.42 Å². The van der Waals surface area contributed by atoms with Crippen LogP contribution in [0.15, 0.2) is 12.2 Å². The third-order valence-electron chi connectivity index (χ3n) is 11.3. The standard InChI is InChI=1S/C48H95NO3/c1-3-5-7-9-11-13-15-17-19-21-22-23-24-25-26-28-30-32-34-36-38-40-42-44-48(52)49-46(45-50)47(51)43-41-39-37-35-33-31-29-27-20-18-16-14-12-10-8-6-4-2/h33,35,46-47,50-51H,3-32,34,36-45H2,1-2H3,(H,49,52)/b35-33+/t46-,47+/m0/s1. The van der Waals surface area contributed by atoms with Gasteiger partial charge in [-0.2, -0.15) is 0 Å². The van der Waals surface area contributed by atoms with Crippen LogP contribution in [-0.2, 0) is 4.79 Å². The number of carbonyl (C=O) groups is 1. The van der Waals surface area contributed by atoms with E-state index in [1.807, 2.05) is 0 Å².